The van der Waals surface area contributed by atoms with Crippen LogP contribution < -0.4 is 5.32 Å². The third-order valence-corrected chi connectivity index (χ3v) is 2.15. The Balaban J connectivity index is 3.05. The highest BCUT2D eigenvalue weighted by atomic mass is 16.5. The van der Waals surface area contributed by atoms with Crippen LogP contribution in [-0.2, 0) is 19.0 Å². The Morgan fingerprint density at radius 2 is 1.50 bits per heavy atom. The minimum Gasteiger partial charge on any atom is -0.379 e. The second-order valence-electron chi connectivity index (χ2n) is 4.03. The fourth-order valence-electron chi connectivity index (χ4n) is 1.14. The van der Waals surface area contributed by atoms with Crippen molar-refractivity contribution in [1.82, 2.24) is 5.32 Å². The molecule has 0 aromatic carbocycles. The SMILES string of the molecule is CCOCCOCCOCCCNC(=O)[C](C)C. The monoisotopic (exact) mass is 260 g/mol. The number of rotatable bonds is 12. The highest BCUT2D eigenvalue weighted by Crippen LogP contribution is 1.93. The second kappa shape index (κ2) is 12.8. The van der Waals surface area contributed by atoms with Gasteiger partial charge in [0, 0.05) is 19.8 Å². The van der Waals surface area contributed by atoms with E-state index < -0.39 is 0 Å². The zero-order chi connectivity index (χ0) is 13.6. The van der Waals surface area contributed by atoms with Crippen molar-refractivity contribution in [2.45, 2.75) is 27.2 Å². The van der Waals surface area contributed by atoms with Gasteiger partial charge in [0.25, 0.3) is 0 Å². The average Bonchev–Trinajstić information content (AvgIpc) is 2.35. The van der Waals surface area contributed by atoms with Gasteiger partial charge < -0.3 is 19.5 Å². The zero-order valence-electron chi connectivity index (χ0n) is 11.8. The molecule has 107 valence electrons. The maximum atomic E-state index is 11.2. The summed E-state index contributed by atoms with van der Waals surface area (Å²) in [6.45, 7) is 9.97. The Morgan fingerprint density at radius 3 is 2.06 bits per heavy atom. The van der Waals surface area contributed by atoms with E-state index >= 15 is 0 Å². The molecule has 0 aromatic heterocycles. The predicted octanol–water partition coefficient (Wildman–Crippen LogP) is 1.18. The van der Waals surface area contributed by atoms with E-state index in [4.69, 9.17) is 14.2 Å². The number of carbonyl (C=O) groups excluding carboxylic acids is 1. The smallest absolute Gasteiger partial charge is 0.226 e. The largest absolute Gasteiger partial charge is 0.379 e. The van der Waals surface area contributed by atoms with Crippen molar-refractivity contribution in [2.24, 2.45) is 0 Å². The molecular weight excluding hydrogens is 234 g/mol. The Bertz CT molecular complexity index is 197. The van der Waals surface area contributed by atoms with Crippen molar-refractivity contribution >= 4 is 5.91 Å². The summed E-state index contributed by atoms with van der Waals surface area (Å²) in [7, 11) is 0. The Morgan fingerprint density at radius 1 is 0.944 bits per heavy atom. The molecule has 1 N–H and O–H groups in total. The summed E-state index contributed by atoms with van der Waals surface area (Å²) >= 11 is 0. The molecule has 0 rings (SSSR count). The molecule has 0 bridgehead atoms. The number of hydrogen-bond donors (Lipinski definition) is 1. The Hall–Kier alpha value is -0.650. The fraction of sp³-hybridized carbons (Fsp3) is 0.846. The fourth-order valence-corrected chi connectivity index (χ4v) is 1.14. The summed E-state index contributed by atoms with van der Waals surface area (Å²) < 4.78 is 15.8. The summed E-state index contributed by atoms with van der Waals surface area (Å²) in [4.78, 5) is 11.2. The molecule has 1 amide bonds. The number of nitrogens with one attached hydrogen (secondary N) is 1. The van der Waals surface area contributed by atoms with Gasteiger partial charge in [-0.25, -0.2) is 0 Å². The third-order valence-electron chi connectivity index (χ3n) is 2.15. The van der Waals surface area contributed by atoms with E-state index in [0.29, 0.717) is 39.6 Å². The lowest BCUT2D eigenvalue weighted by Crippen LogP contribution is -2.28. The number of ether oxygens (including phenoxy) is 3. The molecule has 0 aliphatic heterocycles. The van der Waals surface area contributed by atoms with Gasteiger partial charge >= 0.3 is 0 Å². The van der Waals surface area contributed by atoms with E-state index in [2.05, 4.69) is 5.32 Å². The minimum absolute atomic E-state index is 0.00857. The molecule has 0 heterocycles. The van der Waals surface area contributed by atoms with Crippen molar-refractivity contribution in [2.75, 3.05) is 46.2 Å². The minimum atomic E-state index is 0.00857. The molecule has 18 heavy (non-hydrogen) atoms. The van der Waals surface area contributed by atoms with Gasteiger partial charge in [-0.15, -0.1) is 0 Å². The van der Waals surface area contributed by atoms with Gasteiger partial charge in [0.05, 0.1) is 32.3 Å². The van der Waals surface area contributed by atoms with E-state index in [9.17, 15) is 4.79 Å². The molecule has 0 fully saturated rings. The standard InChI is InChI=1S/C13H26NO4/c1-4-16-8-9-18-11-10-17-7-5-6-14-13(15)12(2)3/h4-11H2,1-3H3,(H,14,15). The molecule has 5 heteroatoms. The second-order valence-corrected chi connectivity index (χ2v) is 4.03. The van der Waals surface area contributed by atoms with Crippen molar-refractivity contribution < 1.29 is 19.0 Å². The molecule has 0 atom stereocenters. The van der Waals surface area contributed by atoms with Gasteiger partial charge in [-0.3, -0.25) is 4.79 Å². The van der Waals surface area contributed by atoms with E-state index in [1.165, 1.54) is 0 Å². The van der Waals surface area contributed by atoms with E-state index in [1.54, 1.807) is 13.8 Å². The van der Waals surface area contributed by atoms with Crippen molar-refractivity contribution in [3.63, 3.8) is 0 Å². The van der Waals surface area contributed by atoms with Crippen LogP contribution >= 0.6 is 0 Å². The van der Waals surface area contributed by atoms with Gasteiger partial charge in [-0.05, 0) is 13.3 Å². The Labute approximate surface area is 110 Å². The van der Waals surface area contributed by atoms with Crippen molar-refractivity contribution in [3.8, 4) is 0 Å². The predicted molar refractivity (Wildman–Crippen MR) is 70.3 cm³/mol. The lowest BCUT2D eigenvalue weighted by molar-refractivity contribution is -0.119. The van der Waals surface area contributed by atoms with Crippen LogP contribution in [0.3, 0.4) is 0 Å². The van der Waals surface area contributed by atoms with Crippen LogP contribution in [0.4, 0.5) is 0 Å². The molecule has 0 aromatic rings. The molecule has 0 unspecified atom stereocenters. The maximum absolute atomic E-state index is 11.2. The lowest BCUT2D eigenvalue weighted by atomic mass is 10.2. The highest BCUT2D eigenvalue weighted by Gasteiger charge is 2.05. The van der Waals surface area contributed by atoms with E-state index in [0.717, 1.165) is 18.9 Å². The topological polar surface area (TPSA) is 56.8 Å². The summed E-state index contributed by atoms with van der Waals surface area (Å²) in [5.74, 6) is 0.785. The van der Waals surface area contributed by atoms with Crippen LogP contribution in [0, 0.1) is 5.92 Å². The van der Waals surface area contributed by atoms with Crippen LogP contribution in [0.1, 0.15) is 27.2 Å². The van der Waals surface area contributed by atoms with E-state index in [-0.39, 0.29) is 5.91 Å². The summed E-state index contributed by atoms with van der Waals surface area (Å²) in [5, 5.41) is 2.80. The summed E-state index contributed by atoms with van der Waals surface area (Å²) in [5.41, 5.74) is 0. The highest BCUT2D eigenvalue weighted by molar-refractivity contribution is 5.88. The summed E-state index contributed by atoms with van der Waals surface area (Å²) in [6.07, 6.45) is 0.817. The average molecular weight is 260 g/mol. The molecule has 5 nitrogen and oxygen atoms in total. The third kappa shape index (κ3) is 11.8. The molecule has 0 saturated carbocycles. The number of carbonyl (C=O) groups is 1. The summed E-state index contributed by atoms with van der Waals surface area (Å²) in [6, 6.07) is 0. The maximum Gasteiger partial charge on any atom is 0.226 e. The lowest BCUT2D eigenvalue weighted by Gasteiger charge is -2.08. The molecular formula is C13H26NO4. The van der Waals surface area contributed by atoms with Crippen LogP contribution in [0.25, 0.3) is 0 Å². The molecule has 0 aliphatic carbocycles. The molecule has 0 saturated heterocycles. The molecule has 0 spiro atoms. The molecule has 1 radical (unpaired) electrons. The first-order chi connectivity index (χ1) is 8.68. The number of hydrogen-bond acceptors (Lipinski definition) is 4. The first-order valence-corrected chi connectivity index (χ1v) is 6.50. The van der Waals surface area contributed by atoms with Crippen LogP contribution in [-0.4, -0.2) is 52.1 Å². The van der Waals surface area contributed by atoms with Crippen LogP contribution in [0.2, 0.25) is 0 Å². The van der Waals surface area contributed by atoms with Crippen molar-refractivity contribution in [1.29, 1.82) is 0 Å². The van der Waals surface area contributed by atoms with Crippen LogP contribution in [0.15, 0.2) is 0 Å². The zero-order valence-corrected chi connectivity index (χ0v) is 11.8. The Kier molecular flexibility index (Phi) is 12.3. The first kappa shape index (κ1) is 17.4. The van der Waals surface area contributed by atoms with Gasteiger partial charge in [-0.1, -0.05) is 13.8 Å². The van der Waals surface area contributed by atoms with Crippen LogP contribution in [0.5, 0.6) is 0 Å². The quantitative estimate of drug-likeness (QED) is 0.535. The van der Waals surface area contributed by atoms with E-state index in [1.807, 2.05) is 6.92 Å². The van der Waals surface area contributed by atoms with Gasteiger partial charge in [-0.2, -0.15) is 0 Å². The normalized spacial score (nSPS) is 10.9. The first-order valence-electron chi connectivity index (χ1n) is 6.50. The molecule has 0 aliphatic rings. The van der Waals surface area contributed by atoms with Gasteiger partial charge in [0.1, 0.15) is 0 Å². The van der Waals surface area contributed by atoms with Gasteiger partial charge in [0.15, 0.2) is 0 Å². The van der Waals surface area contributed by atoms with Gasteiger partial charge in [0.2, 0.25) is 5.91 Å². The van der Waals surface area contributed by atoms with Crippen molar-refractivity contribution in [3.05, 3.63) is 5.92 Å². The number of amides is 1.